The van der Waals surface area contributed by atoms with E-state index in [1.807, 2.05) is 12.1 Å². The molecule has 0 atom stereocenters. The van der Waals surface area contributed by atoms with Crippen molar-refractivity contribution in [1.82, 2.24) is 9.88 Å². The topological polar surface area (TPSA) is 43.2 Å². The molecule has 0 amide bonds. The summed E-state index contributed by atoms with van der Waals surface area (Å²) < 4.78 is 38.4. The van der Waals surface area contributed by atoms with Crippen LogP contribution in [0.4, 0.5) is 18.9 Å². The Morgan fingerprint density at radius 2 is 1.84 bits per heavy atom. The summed E-state index contributed by atoms with van der Waals surface area (Å²) in [5.74, 6) is 0. The van der Waals surface area contributed by atoms with Crippen molar-refractivity contribution in [2.45, 2.75) is 12.7 Å². The van der Waals surface area contributed by atoms with Gasteiger partial charge < -0.3 is 4.90 Å². The number of halogens is 3. The predicted molar refractivity (Wildman–Crippen MR) is 87.9 cm³/mol. The molecule has 3 rings (SSSR count). The molecule has 0 bridgehead atoms. The molecule has 4 nitrogen and oxygen atoms in total. The van der Waals surface area contributed by atoms with Crippen LogP contribution in [-0.2, 0) is 12.7 Å². The van der Waals surface area contributed by atoms with Gasteiger partial charge in [-0.05, 0) is 23.8 Å². The molecule has 130 valence electrons. The number of anilines is 1. The highest BCUT2D eigenvalue weighted by atomic mass is 19.4. The third kappa shape index (κ3) is 4.28. The first-order valence-electron chi connectivity index (χ1n) is 7.95. The minimum absolute atomic E-state index is 0.381. The Morgan fingerprint density at radius 3 is 2.44 bits per heavy atom. The summed E-state index contributed by atoms with van der Waals surface area (Å²) >= 11 is 0. The van der Waals surface area contributed by atoms with E-state index in [9.17, 15) is 13.2 Å². The molecule has 7 heteroatoms. The van der Waals surface area contributed by atoms with E-state index in [1.165, 1.54) is 12.1 Å². The maximum Gasteiger partial charge on any atom is 0.416 e. The largest absolute Gasteiger partial charge is 0.416 e. The van der Waals surface area contributed by atoms with Crippen LogP contribution < -0.4 is 4.90 Å². The summed E-state index contributed by atoms with van der Waals surface area (Å²) in [6.07, 6.45) is -2.63. The van der Waals surface area contributed by atoms with Crippen molar-refractivity contribution >= 4 is 5.69 Å². The fourth-order valence-electron chi connectivity index (χ4n) is 2.91. The van der Waals surface area contributed by atoms with E-state index >= 15 is 0 Å². The van der Waals surface area contributed by atoms with Crippen LogP contribution in [0.1, 0.15) is 16.8 Å². The van der Waals surface area contributed by atoms with E-state index in [2.05, 4.69) is 14.8 Å². The summed E-state index contributed by atoms with van der Waals surface area (Å²) in [7, 11) is 0. The highest BCUT2D eigenvalue weighted by Crippen LogP contribution is 2.29. The number of nitrogens with zero attached hydrogens (tertiary/aromatic N) is 4. The van der Waals surface area contributed by atoms with E-state index in [1.54, 1.807) is 18.3 Å². The van der Waals surface area contributed by atoms with Gasteiger partial charge >= 0.3 is 6.18 Å². The number of piperazine rings is 1. The Morgan fingerprint density at radius 1 is 1.08 bits per heavy atom. The fraction of sp³-hybridized carbons (Fsp3) is 0.333. The summed E-state index contributed by atoms with van der Waals surface area (Å²) in [6, 6.07) is 11.0. The molecular weight excluding hydrogens is 329 g/mol. The Labute approximate surface area is 144 Å². The van der Waals surface area contributed by atoms with E-state index in [4.69, 9.17) is 5.26 Å². The SMILES string of the molecule is N#Cc1ccc(N2CCN(Cc3cccc(C(F)(F)F)c3)CC2)cn1. The van der Waals surface area contributed by atoms with Crippen molar-refractivity contribution in [1.29, 1.82) is 5.26 Å². The maximum atomic E-state index is 12.8. The lowest BCUT2D eigenvalue weighted by molar-refractivity contribution is -0.137. The third-order valence-electron chi connectivity index (χ3n) is 4.26. The predicted octanol–water partition coefficient (Wildman–Crippen LogP) is 3.29. The van der Waals surface area contributed by atoms with Crippen molar-refractivity contribution < 1.29 is 13.2 Å². The number of hydrogen-bond acceptors (Lipinski definition) is 4. The first-order valence-corrected chi connectivity index (χ1v) is 7.95. The third-order valence-corrected chi connectivity index (χ3v) is 4.26. The van der Waals surface area contributed by atoms with Crippen molar-refractivity contribution in [2.75, 3.05) is 31.1 Å². The number of rotatable bonds is 3. The van der Waals surface area contributed by atoms with Crippen LogP contribution >= 0.6 is 0 Å². The smallest absolute Gasteiger partial charge is 0.368 e. The summed E-state index contributed by atoms with van der Waals surface area (Å²) in [6.45, 7) is 3.56. The average Bonchev–Trinajstić information content (AvgIpc) is 2.62. The molecule has 0 unspecified atom stereocenters. The van der Waals surface area contributed by atoms with Crippen molar-refractivity contribution in [2.24, 2.45) is 0 Å². The number of benzene rings is 1. The molecular formula is C18H17F3N4. The van der Waals surface area contributed by atoms with Gasteiger partial charge in [-0.1, -0.05) is 18.2 Å². The van der Waals surface area contributed by atoms with Crippen LogP contribution in [0, 0.1) is 11.3 Å². The lowest BCUT2D eigenvalue weighted by atomic mass is 10.1. The van der Waals surface area contributed by atoms with E-state index in [-0.39, 0.29) is 0 Å². The number of hydrogen-bond donors (Lipinski definition) is 0. The van der Waals surface area contributed by atoms with E-state index in [0.717, 1.165) is 37.9 Å². The lowest BCUT2D eigenvalue weighted by Crippen LogP contribution is -2.46. The Kier molecular flexibility index (Phi) is 4.91. The molecule has 1 saturated heterocycles. The Balaban J connectivity index is 1.58. The fourth-order valence-corrected chi connectivity index (χ4v) is 2.91. The van der Waals surface area contributed by atoms with Gasteiger partial charge in [0.05, 0.1) is 17.4 Å². The molecule has 0 saturated carbocycles. The standard InChI is InChI=1S/C18H17F3N4/c19-18(20,21)15-3-1-2-14(10-15)13-24-6-8-25(9-7-24)17-5-4-16(11-22)23-12-17/h1-5,10,12H,6-9,13H2. The summed E-state index contributed by atoms with van der Waals surface area (Å²) in [4.78, 5) is 8.37. The first kappa shape index (κ1) is 17.2. The van der Waals surface area contributed by atoms with Crippen molar-refractivity contribution in [3.63, 3.8) is 0 Å². The van der Waals surface area contributed by atoms with Crippen LogP contribution in [0.2, 0.25) is 0 Å². The van der Waals surface area contributed by atoms with Crippen LogP contribution in [0.25, 0.3) is 0 Å². The van der Waals surface area contributed by atoms with Gasteiger partial charge in [0.2, 0.25) is 0 Å². The van der Waals surface area contributed by atoms with Crippen LogP contribution in [0.5, 0.6) is 0 Å². The Hall–Kier alpha value is -2.59. The molecule has 0 spiro atoms. The zero-order valence-corrected chi connectivity index (χ0v) is 13.5. The molecule has 1 aliphatic heterocycles. The van der Waals surface area contributed by atoms with Crippen molar-refractivity contribution in [3.8, 4) is 6.07 Å². The minimum atomic E-state index is -4.31. The second kappa shape index (κ2) is 7.11. The summed E-state index contributed by atoms with van der Waals surface area (Å²) in [5, 5.41) is 8.78. The number of nitriles is 1. The molecule has 1 aromatic carbocycles. The van der Waals surface area contributed by atoms with Crippen LogP contribution in [0.15, 0.2) is 42.6 Å². The second-order valence-electron chi connectivity index (χ2n) is 5.97. The number of aromatic nitrogens is 1. The highest BCUT2D eigenvalue weighted by Gasteiger charge is 2.30. The second-order valence-corrected chi connectivity index (χ2v) is 5.97. The van der Waals surface area contributed by atoms with Gasteiger partial charge in [0.1, 0.15) is 11.8 Å². The molecule has 25 heavy (non-hydrogen) atoms. The van der Waals surface area contributed by atoms with Crippen LogP contribution in [-0.4, -0.2) is 36.1 Å². The highest BCUT2D eigenvalue weighted by molar-refractivity contribution is 5.46. The molecule has 2 heterocycles. The van der Waals surface area contributed by atoms with Crippen molar-refractivity contribution in [3.05, 3.63) is 59.4 Å². The minimum Gasteiger partial charge on any atom is -0.368 e. The average molecular weight is 346 g/mol. The van der Waals surface area contributed by atoms with Crippen LogP contribution in [0.3, 0.4) is 0 Å². The molecule has 1 aliphatic rings. The van der Waals surface area contributed by atoms with Gasteiger partial charge in [-0.2, -0.15) is 18.4 Å². The van der Waals surface area contributed by atoms with Gasteiger partial charge in [0.25, 0.3) is 0 Å². The first-order chi connectivity index (χ1) is 12.0. The maximum absolute atomic E-state index is 12.8. The zero-order chi connectivity index (χ0) is 17.9. The van der Waals surface area contributed by atoms with Gasteiger partial charge in [-0.25, -0.2) is 4.98 Å². The molecule has 0 aliphatic carbocycles. The summed E-state index contributed by atoms with van der Waals surface area (Å²) in [5.41, 5.74) is 1.40. The number of pyridine rings is 1. The monoisotopic (exact) mass is 346 g/mol. The molecule has 0 N–H and O–H groups in total. The van der Waals surface area contributed by atoms with Gasteiger partial charge in [0, 0.05) is 32.7 Å². The van der Waals surface area contributed by atoms with Gasteiger partial charge in [0.15, 0.2) is 0 Å². The Bertz CT molecular complexity index is 757. The molecule has 1 aromatic heterocycles. The normalized spacial score (nSPS) is 15.8. The zero-order valence-electron chi connectivity index (χ0n) is 13.5. The molecule has 0 radical (unpaired) electrons. The van der Waals surface area contributed by atoms with Gasteiger partial charge in [-0.3, -0.25) is 4.90 Å². The number of alkyl halides is 3. The van der Waals surface area contributed by atoms with Gasteiger partial charge in [-0.15, -0.1) is 0 Å². The molecule has 1 fully saturated rings. The molecule has 2 aromatic rings. The lowest BCUT2D eigenvalue weighted by Gasteiger charge is -2.36. The van der Waals surface area contributed by atoms with E-state index < -0.39 is 11.7 Å². The van der Waals surface area contributed by atoms with E-state index in [0.29, 0.717) is 17.8 Å². The quantitative estimate of drug-likeness (QED) is 0.855.